The number of imide groups is 2. The summed E-state index contributed by atoms with van der Waals surface area (Å²) in [5.74, 6) is -1.74. The average molecular weight is 647 g/mol. The zero-order chi connectivity index (χ0) is 32.4. The molecule has 0 bridgehead atoms. The second-order valence-electron chi connectivity index (χ2n) is 11.1. The molecule has 0 N–H and O–H groups in total. The number of benzene rings is 4. The van der Waals surface area contributed by atoms with Crippen molar-refractivity contribution in [2.75, 3.05) is 9.80 Å². The Kier molecular flexibility index (Phi) is 6.33. The lowest BCUT2D eigenvalue weighted by Crippen LogP contribution is -2.31. The molecule has 0 radical (unpaired) electrons. The molecule has 2 fully saturated rings. The highest BCUT2D eigenvalue weighted by Crippen LogP contribution is 2.32. The van der Waals surface area contributed by atoms with Crippen LogP contribution in [0.4, 0.5) is 11.4 Å². The van der Waals surface area contributed by atoms with Gasteiger partial charge >= 0.3 is 0 Å². The van der Waals surface area contributed by atoms with Crippen molar-refractivity contribution in [2.24, 2.45) is 0 Å². The summed E-state index contributed by atoms with van der Waals surface area (Å²) in [7, 11) is -4.08. The molecule has 6 aromatic rings. The lowest BCUT2D eigenvalue weighted by molar-refractivity contribution is -0.123. The number of hydrogen-bond acceptors (Lipinski definition) is 10. The highest BCUT2D eigenvalue weighted by atomic mass is 32.2. The maximum atomic E-state index is 13.7. The van der Waals surface area contributed by atoms with Gasteiger partial charge in [0, 0.05) is 0 Å². The Balaban J connectivity index is 1.07. The van der Waals surface area contributed by atoms with Gasteiger partial charge in [0.2, 0.25) is 21.7 Å². The van der Waals surface area contributed by atoms with E-state index in [1.54, 1.807) is 60.7 Å². The Morgan fingerprint density at radius 2 is 0.894 bits per heavy atom. The number of amides is 4. The minimum atomic E-state index is -4.08. The van der Waals surface area contributed by atoms with E-state index in [2.05, 4.69) is 20.4 Å². The molecule has 8 rings (SSSR count). The van der Waals surface area contributed by atoms with E-state index in [9.17, 15) is 27.6 Å². The van der Waals surface area contributed by atoms with Crippen molar-refractivity contribution >= 4 is 66.9 Å². The second kappa shape index (κ2) is 10.5. The maximum absolute atomic E-state index is 13.7. The number of carbonyl (C=O) groups excluding carboxylic acids is 4. The molecule has 2 aliphatic heterocycles. The number of fused-ring (bicyclic) bond motifs is 2. The Hall–Kier alpha value is -6.09. The first-order chi connectivity index (χ1) is 22.7. The Bertz CT molecular complexity index is 2230. The fourth-order valence-electron chi connectivity index (χ4n) is 5.86. The molecule has 2 saturated heterocycles. The van der Waals surface area contributed by atoms with E-state index < -0.39 is 33.7 Å². The number of hydrogen-bond donors (Lipinski definition) is 0. The van der Waals surface area contributed by atoms with Crippen LogP contribution in [0.1, 0.15) is 24.9 Å². The third-order valence-electron chi connectivity index (χ3n) is 8.19. The quantitative estimate of drug-likeness (QED) is 0.245. The number of nitrogens with zero attached hydrogens (tertiary/aromatic N) is 8. The lowest BCUT2D eigenvalue weighted by atomic mass is 10.2. The minimum absolute atomic E-state index is 0.0707. The number of carbonyl (C=O) groups is 4. The third kappa shape index (κ3) is 4.58. The third-order valence-corrected chi connectivity index (χ3v) is 9.94. The Morgan fingerprint density at radius 3 is 1.30 bits per heavy atom. The standard InChI is InChI=1S/C32H22N8O6S/c41-29-17-27(31(43)37(29)19-7-3-1-4-8-19)39-33-23-13-11-21(15-25(23)35-39)47(45,46)22-12-14-24-26(16-22)36-40(34-24)28-18-30(42)38(32(28)44)20-9-5-2-6-10-20/h1-16,27-28H,17-18H2. The van der Waals surface area contributed by atoms with Crippen molar-refractivity contribution in [3.05, 3.63) is 97.1 Å². The highest BCUT2D eigenvalue weighted by Gasteiger charge is 2.43. The van der Waals surface area contributed by atoms with Crippen LogP contribution in [0.15, 0.2) is 107 Å². The summed E-state index contributed by atoms with van der Waals surface area (Å²) >= 11 is 0. The Labute approximate surface area is 265 Å². The Morgan fingerprint density at radius 1 is 0.511 bits per heavy atom. The van der Waals surface area contributed by atoms with Gasteiger partial charge in [-0.15, -0.1) is 0 Å². The molecule has 0 saturated carbocycles. The molecular weight excluding hydrogens is 624 g/mol. The van der Waals surface area contributed by atoms with Crippen LogP contribution in [0.25, 0.3) is 22.1 Å². The molecular formula is C32H22N8O6S. The molecule has 47 heavy (non-hydrogen) atoms. The normalized spacial score (nSPS) is 18.7. The zero-order valence-electron chi connectivity index (χ0n) is 24.2. The molecule has 2 aliphatic rings. The van der Waals surface area contributed by atoms with Crippen LogP contribution in [0, 0.1) is 0 Å². The van der Waals surface area contributed by atoms with Crippen LogP contribution in [-0.2, 0) is 29.0 Å². The van der Waals surface area contributed by atoms with Crippen LogP contribution >= 0.6 is 0 Å². The predicted molar refractivity (Wildman–Crippen MR) is 166 cm³/mol. The van der Waals surface area contributed by atoms with Crippen molar-refractivity contribution in [3.63, 3.8) is 0 Å². The summed E-state index contributed by atoms with van der Waals surface area (Å²) in [6.07, 6.45) is -0.267. The smallest absolute Gasteiger partial charge is 0.261 e. The van der Waals surface area contributed by atoms with E-state index in [0.29, 0.717) is 22.4 Å². The number of rotatable bonds is 6. The molecule has 14 nitrogen and oxygen atoms in total. The summed E-state index contributed by atoms with van der Waals surface area (Å²) in [6, 6.07) is 23.6. The SMILES string of the molecule is O=C1CC(n2nc3ccc(S(=O)(=O)c4ccc5nn(C6CC(=O)N(c7ccccc7)C6=O)nc5c4)cc3n2)C(=O)N1c1ccccc1. The van der Waals surface area contributed by atoms with Gasteiger partial charge in [0.05, 0.1) is 34.0 Å². The van der Waals surface area contributed by atoms with Crippen molar-refractivity contribution in [1.29, 1.82) is 0 Å². The van der Waals surface area contributed by atoms with Crippen molar-refractivity contribution in [2.45, 2.75) is 34.7 Å². The molecule has 4 amide bonds. The zero-order valence-corrected chi connectivity index (χ0v) is 25.1. The molecule has 4 aromatic carbocycles. The van der Waals surface area contributed by atoms with Gasteiger partial charge in [-0.25, -0.2) is 18.2 Å². The van der Waals surface area contributed by atoms with Crippen LogP contribution in [-0.4, -0.2) is 62.0 Å². The first kappa shape index (κ1) is 28.4. The molecule has 0 aliphatic carbocycles. The number of sulfone groups is 1. The summed E-state index contributed by atoms with van der Waals surface area (Å²) in [5, 5.41) is 17.4. The molecule has 2 atom stereocenters. The van der Waals surface area contributed by atoms with E-state index in [-0.39, 0.29) is 45.5 Å². The van der Waals surface area contributed by atoms with Gasteiger partial charge in [0.1, 0.15) is 22.1 Å². The van der Waals surface area contributed by atoms with Gasteiger partial charge in [-0.3, -0.25) is 19.2 Å². The summed E-state index contributed by atoms with van der Waals surface area (Å²) in [5.41, 5.74) is 2.05. The van der Waals surface area contributed by atoms with E-state index in [1.165, 1.54) is 36.4 Å². The average Bonchev–Trinajstić information content (AvgIpc) is 3.83. The van der Waals surface area contributed by atoms with E-state index in [4.69, 9.17) is 0 Å². The molecule has 2 unspecified atom stereocenters. The summed E-state index contributed by atoms with van der Waals surface area (Å²) in [4.78, 5) is 56.1. The van der Waals surface area contributed by atoms with Crippen molar-refractivity contribution < 1.29 is 27.6 Å². The summed E-state index contributed by atoms with van der Waals surface area (Å²) < 4.78 is 27.4. The molecule has 2 aromatic heterocycles. The number of aromatic nitrogens is 6. The maximum Gasteiger partial charge on any atom is 0.261 e. The van der Waals surface area contributed by atoms with Gasteiger partial charge in [-0.05, 0) is 60.7 Å². The van der Waals surface area contributed by atoms with Crippen LogP contribution in [0.3, 0.4) is 0 Å². The van der Waals surface area contributed by atoms with Gasteiger partial charge in [-0.1, -0.05) is 36.4 Å². The lowest BCUT2D eigenvalue weighted by Gasteiger charge is -2.14. The topological polar surface area (TPSA) is 170 Å². The van der Waals surface area contributed by atoms with Gasteiger partial charge in [0.25, 0.3) is 11.8 Å². The van der Waals surface area contributed by atoms with Crippen LogP contribution in [0.2, 0.25) is 0 Å². The van der Waals surface area contributed by atoms with Crippen LogP contribution < -0.4 is 9.80 Å². The monoisotopic (exact) mass is 646 g/mol. The largest absolute Gasteiger partial charge is 0.274 e. The predicted octanol–water partition coefficient (Wildman–Crippen LogP) is 3.02. The van der Waals surface area contributed by atoms with E-state index in [0.717, 1.165) is 19.4 Å². The van der Waals surface area contributed by atoms with Crippen molar-refractivity contribution in [1.82, 2.24) is 30.0 Å². The molecule has 4 heterocycles. The number of para-hydroxylation sites is 2. The summed E-state index contributed by atoms with van der Waals surface area (Å²) in [6.45, 7) is 0. The van der Waals surface area contributed by atoms with Crippen molar-refractivity contribution in [3.8, 4) is 0 Å². The van der Waals surface area contributed by atoms with Gasteiger partial charge < -0.3 is 0 Å². The van der Waals surface area contributed by atoms with E-state index >= 15 is 0 Å². The van der Waals surface area contributed by atoms with Crippen LogP contribution in [0.5, 0.6) is 0 Å². The van der Waals surface area contributed by atoms with Gasteiger partial charge in [0.15, 0.2) is 12.1 Å². The molecule has 232 valence electrons. The first-order valence-corrected chi connectivity index (χ1v) is 16.0. The second-order valence-corrected chi connectivity index (χ2v) is 13.0. The highest BCUT2D eigenvalue weighted by molar-refractivity contribution is 7.91. The molecule has 15 heteroatoms. The fraction of sp³-hybridized carbons (Fsp3) is 0.125. The minimum Gasteiger partial charge on any atom is -0.274 e. The van der Waals surface area contributed by atoms with E-state index in [1.807, 2.05) is 0 Å². The first-order valence-electron chi connectivity index (χ1n) is 14.5. The number of anilines is 2. The van der Waals surface area contributed by atoms with Gasteiger partial charge in [-0.2, -0.15) is 30.0 Å². The molecule has 0 spiro atoms. The fourth-order valence-corrected chi connectivity index (χ4v) is 7.16.